The van der Waals surface area contributed by atoms with Gasteiger partial charge in [0.05, 0.1) is 13.0 Å². The number of imide groups is 1. The fraction of sp³-hybridized carbons (Fsp3) is 0.263. The van der Waals surface area contributed by atoms with Crippen LogP contribution in [0.4, 0.5) is 11.4 Å². The first-order valence-corrected chi connectivity index (χ1v) is 7.96. The summed E-state index contributed by atoms with van der Waals surface area (Å²) in [6.07, 6.45) is 0.196. The van der Waals surface area contributed by atoms with E-state index >= 15 is 0 Å². The predicted octanol–water partition coefficient (Wildman–Crippen LogP) is 2.49. The van der Waals surface area contributed by atoms with Crippen LogP contribution in [0, 0.1) is 0 Å². The molecule has 124 valence electrons. The van der Waals surface area contributed by atoms with E-state index in [4.69, 9.17) is 0 Å². The van der Waals surface area contributed by atoms with Crippen LogP contribution in [0.3, 0.4) is 0 Å². The molecule has 1 saturated heterocycles. The molecule has 24 heavy (non-hydrogen) atoms. The zero-order valence-electron chi connectivity index (χ0n) is 13.9. The van der Waals surface area contributed by atoms with Gasteiger partial charge in [-0.15, -0.1) is 0 Å². The lowest BCUT2D eigenvalue weighted by Gasteiger charge is -2.17. The van der Waals surface area contributed by atoms with Crippen molar-refractivity contribution in [1.29, 1.82) is 0 Å². The average molecular weight is 323 g/mol. The lowest BCUT2D eigenvalue weighted by atomic mass is 10.2. The third-order valence-corrected chi connectivity index (χ3v) is 4.15. The number of nitrogens with one attached hydrogen (secondary N) is 1. The largest absolute Gasteiger partial charge is 0.378 e. The first kappa shape index (κ1) is 16.1. The Morgan fingerprint density at radius 2 is 1.71 bits per heavy atom. The van der Waals surface area contributed by atoms with Gasteiger partial charge in [0, 0.05) is 25.5 Å². The molecule has 1 N–H and O–H groups in total. The molecule has 1 aliphatic rings. The zero-order valence-corrected chi connectivity index (χ0v) is 13.9. The van der Waals surface area contributed by atoms with Crippen molar-refractivity contribution in [2.75, 3.05) is 24.3 Å². The van der Waals surface area contributed by atoms with Crippen molar-refractivity contribution in [3.05, 3.63) is 60.2 Å². The van der Waals surface area contributed by atoms with Crippen LogP contribution in [-0.4, -0.2) is 36.9 Å². The first-order chi connectivity index (χ1) is 11.5. The van der Waals surface area contributed by atoms with Crippen molar-refractivity contribution in [3.63, 3.8) is 0 Å². The third-order valence-electron chi connectivity index (χ3n) is 4.15. The highest BCUT2D eigenvalue weighted by molar-refractivity contribution is 6.06. The van der Waals surface area contributed by atoms with Gasteiger partial charge >= 0.3 is 0 Å². The number of amides is 2. The Bertz CT molecular complexity index is 726. The molecule has 1 fully saturated rings. The van der Waals surface area contributed by atoms with E-state index in [2.05, 4.69) is 5.32 Å². The topological polar surface area (TPSA) is 52.7 Å². The number of carbonyl (C=O) groups excluding carboxylic acids is 2. The number of carbonyl (C=O) groups is 2. The lowest BCUT2D eigenvalue weighted by Crippen LogP contribution is -2.34. The third kappa shape index (κ3) is 3.40. The lowest BCUT2D eigenvalue weighted by molar-refractivity contribution is -0.139. The Morgan fingerprint density at radius 3 is 2.33 bits per heavy atom. The van der Waals surface area contributed by atoms with E-state index in [1.807, 2.05) is 73.6 Å². The van der Waals surface area contributed by atoms with E-state index < -0.39 is 6.04 Å². The number of rotatable bonds is 5. The van der Waals surface area contributed by atoms with Crippen molar-refractivity contribution in [1.82, 2.24) is 4.90 Å². The monoisotopic (exact) mass is 323 g/mol. The summed E-state index contributed by atoms with van der Waals surface area (Å²) in [5, 5.41) is 3.17. The normalized spacial score (nSPS) is 17.2. The van der Waals surface area contributed by atoms with Crippen LogP contribution in [0.15, 0.2) is 54.6 Å². The Labute approximate surface area is 141 Å². The van der Waals surface area contributed by atoms with Gasteiger partial charge < -0.3 is 10.2 Å². The SMILES string of the molecule is CN(C)c1ccc(N[C@@H]2CC(=O)N(Cc3ccccc3)C2=O)cc1. The summed E-state index contributed by atoms with van der Waals surface area (Å²) in [4.78, 5) is 28.1. The Hall–Kier alpha value is -2.82. The highest BCUT2D eigenvalue weighted by Gasteiger charge is 2.38. The second-order valence-corrected chi connectivity index (χ2v) is 6.15. The highest BCUT2D eigenvalue weighted by Crippen LogP contribution is 2.22. The summed E-state index contributed by atoms with van der Waals surface area (Å²) in [7, 11) is 3.95. The maximum Gasteiger partial charge on any atom is 0.252 e. The molecule has 1 atom stereocenters. The molecule has 0 bridgehead atoms. The van der Waals surface area contributed by atoms with Crippen molar-refractivity contribution in [2.24, 2.45) is 0 Å². The van der Waals surface area contributed by atoms with Gasteiger partial charge in [0.15, 0.2) is 0 Å². The Balaban J connectivity index is 1.67. The van der Waals surface area contributed by atoms with E-state index in [0.717, 1.165) is 16.9 Å². The van der Waals surface area contributed by atoms with E-state index in [9.17, 15) is 9.59 Å². The number of hydrogen-bond acceptors (Lipinski definition) is 4. The molecule has 2 amide bonds. The molecule has 2 aromatic carbocycles. The second kappa shape index (κ2) is 6.74. The molecule has 1 heterocycles. The van der Waals surface area contributed by atoms with Gasteiger partial charge in [-0.25, -0.2) is 0 Å². The van der Waals surface area contributed by atoms with Crippen LogP contribution in [-0.2, 0) is 16.1 Å². The molecular formula is C19H21N3O2. The number of hydrogen-bond donors (Lipinski definition) is 1. The smallest absolute Gasteiger partial charge is 0.252 e. The molecule has 0 spiro atoms. The summed E-state index contributed by atoms with van der Waals surface area (Å²) in [5.74, 6) is -0.299. The summed E-state index contributed by atoms with van der Waals surface area (Å²) >= 11 is 0. The molecule has 0 saturated carbocycles. The summed E-state index contributed by atoms with van der Waals surface area (Å²) in [5.41, 5.74) is 2.88. The maximum atomic E-state index is 12.5. The van der Waals surface area contributed by atoms with Crippen LogP contribution in [0.25, 0.3) is 0 Å². The van der Waals surface area contributed by atoms with Crippen LogP contribution in [0.5, 0.6) is 0 Å². The first-order valence-electron chi connectivity index (χ1n) is 7.96. The standard InChI is InChI=1S/C19H21N3O2/c1-21(2)16-10-8-15(9-11-16)20-17-12-18(23)22(19(17)24)13-14-6-4-3-5-7-14/h3-11,17,20H,12-13H2,1-2H3/t17-/m1/s1. The summed E-state index contributed by atoms with van der Waals surface area (Å²) < 4.78 is 0. The van der Waals surface area contributed by atoms with Crippen molar-refractivity contribution in [3.8, 4) is 0 Å². The van der Waals surface area contributed by atoms with E-state index in [1.165, 1.54) is 4.90 Å². The van der Waals surface area contributed by atoms with Crippen LogP contribution < -0.4 is 10.2 Å². The van der Waals surface area contributed by atoms with Crippen LogP contribution >= 0.6 is 0 Å². The molecule has 2 aromatic rings. The minimum atomic E-state index is -0.494. The van der Waals surface area contributed by atoms with Gasteiger partial charge in [-0.2, -0.15) is 0 Å². The van der Waals surface area contributed by atoms with E-state index in [-0.39, 0.29) is 18.2 Å². The van der Waals surface area contributed by atoms with Crippen molar-refractivity contribution >= 4 is 23.2 Å². The van der Waals surface area contributed by atoms with Gasteiger partial charge in [0.2, 0.25) is 5.91 Å². The van der Waals surface area contributed by atoms with Crippen molar-refractivity contribution in [2.45, 2.75) is 19.0 Å². The summed E-state index contributed by atoms with van der Waals surface area (Å²) in [6, 6.07) is 16.9. The predicted molar refractivity (Wildman–Crippen MR) is 94.8 cm³/mol. The Kier molecular flexibility index (Phi) is 4.51. The van der Waals surface area contributed by atoms with Gasteiger partial charge in [0.25, 0.3) is 5.91 Å². The second-order valence-electron chi connectivity index (χ2n) is 6.15. The summed E-state index contributed by atoms with van der Waals surface area (Å²) in [6.45, 7) is 0.330. The fourth-order valence-corrected chi connectivity index (χ4v) is 2.78. The van der Waals surface area contributed by atoms with E-state index in [0.29, 0.717) is 6.54 Å². The molecule has 1 aliphatic heterocycles. The number of nitrogens with zero attached hydrogens (tertiary/aromatic N) is 2. The average Bonchev–Trinajstić information content (AvgIpc) is 2.84. The number of anilines is 2. The molecule has 0 aromatic heterocycles. The Morgan fingerprint density at radius 1 is 1.04 bits per heavy atom. The van der Waals surface area contributed by atoms with Crippen LogP contribution in [0.1, 0.15) is 12.0 Å². The van der Waals surface area contributed by atoms with Gasteiger partial charge in [-0.3, -0.25) is 14.5 Å². The maximum absolute atomic E-state index is 12.5. The van der Waals surface area contributed by atoms with Gasteiger partial charge in [-0.05, 0) is 29.8 Å². The fourth-order valence-electron chi connectivity index (χ4n) is 2.78. The quantitative estimate of drug-likeness (QED) is 0.859. The van der Waals surface area contributed by atoms with Gasteiger partial charge in [-0.1, -0.05) is 30.3 Å². The van der Waals surface area contributed by atoms with Crippen LogP contribution in [0.2, 0.25) is 0 Å². The molecule has 5 nitrogen and oxygen atoms in total. The number of benzene rings is 2. The molecule has 5 heteroatoms. The van der Waals surface area contributed by atoms with E-state index in [1.54, 1.807) is 0 Å². The highest BCUT2D eigenvalue weighted by atomic mass is 16.2. The minimum absolute atomic E-state index is 0.133. The van der Waals surface area contributed by atoms with Crippen molar-refractivity contribution < 1.29 is 9.59 Å². The molecule has 0 aliphatic carbocycles. The minimum Gasteiger partial charge on any atom is -0.378 e. The molecule has 0 radical (unpaired) electrons. The van der Waals surface area contributed by atoms with Gasteiger partial charge in [0.1, 0.15) is 6.04 Å². The molecule has 0 unspecified atom stereocenters. The molecular weight excluding hydrogens is 302 g/mol. The zero-order chi connectivity index (χ0) is 17.1. The molecule has 3 rings (SSSR count). The number of likely N-dealkylation sites (tertiary alicyclic amines) is 1.